The predicted octanol–water partition coefficient (Wildman–Crippen LogP) is 3.95. The van der Waals surface area contributed by atoms with Crippen LogP contribution in [-0.2, 0) is 20.1 Å². The number of rotatable bonds is 1. The first-order chi connectivity index (χ1) is 8.21. The van der Waals surface area contributed by atoms with E-state index in [2.05, 4.69) is 4.98 Å². The number of aromatic nitrogens is 1. The summed E-state index contributed by atoms with van der Waals surface area (Å²) in [5.41, 5.74) is 0.647. The first kappa shape index (κ1) is 16.3. The van der Waals surface area contributed by atoms with E-state index >= 15 is 0 Å². The van der Waals surface area contributed by atoms with Crippen LogP contribution in [0.3, 0.4) is 0 Å². The Morgan fingerprint density at radius 1 is 1.11 bits per heavy atom. The number of allylic oxidation sites excluding steroid dienone is 2. The van der Waals surface area contributed by atoms with Crippen LogP contribution >= 0.6 is 0 Å². The molecule has 1 aromatic rings. The fourth-order valence-electron chi connectivity index (χ4n) is 1.79. The Labute approximate surface area is 122 Å². The zero-order valence-corrected chi connectivity index (χ0v) is 12.8. The van der Waals surface area contributed by atoms with Crippen LogP contribution in [0.4, 0.5) is 17.6 Å². The van der Waals surface area contributed by atoms with Crippen molar-refractivity contribution in [1.29, 1.82) is 0 Å². The molecule has 0 atom stereocenters. The van der Waals surface area contributed by atoms with E-state index < -0.39 is 30.3 Å². The summed E-state index contributed by atoms with van der Waals surface area (Å²) in [6, 6.07) is 1.40. The maximum absolute atomic E-state index is 13.7. The van der Waals surface area contributed by atoms with Crippen LogP contribution < -0.4 is 0 Å². The topological polar surface area (TPSA) is 12.9 Å². The minimum Gasteiger partial charge on any atom is -0.350 e. The Kier molecular flexibility index (Phi) is 4.58. The van der Waals surface area contributed by atoms with Gasteiger partial charge in [0.15, 0.2) is 5.92 Å². The SMILES string of the molecule is Cc1cnc(C2=[C-]C(F)(F)CCC2(F)F)cc1C.[Ir]. The molecule has 1 aromatic heterocycles. The average Bonchev–Trinajstić information content (AvgIpc) is 2.26. The van der Waals surface area contributed by atoms with Crippen molar-refractivity contribution in [3.8, 4) is 0 Å². The fraction of sp³-hybridized carbons (Fsp3) is 0.462. The molecule has 2 rings (SSSR count). The Bertz CT molecular complexity index is 511. The molecule has 19 heavy (non-hydrogen) atoms. The zero-order valence-electron chi connectivity index (χ0n) is 10.4. The van der Waals surface area contributed by atoms with Crippen LogP contribution in [0.15, 0.2) is 12.3 Å². The van der Waals surface area contributed by atoms with Crippen molar-refractivity contribution in [3.63, 3.8) is 0 Å². The quantitative estimate of drug-likeness (QED) is 0.467. The first-order valence-corrected chi connectivity index (χ1v) is 5.56. The van der Waals surface area contributed by atoms with Crippen molar-refractivity contribution < 1.29 is 37.7 Å². The van der Waals surface area contributed by atoms with Crippen LogP contribution in [0, 0.1) is 19.9 Å². The van der Waals surface area contributed by atoms with Crippen molar-refractivity contribution in [2.45, 2.75) is 38.5 Å². The summed E-state index contributed by atoms with van der Waals surface area (Å²) in [5, 5.41) is 0. The van der Waals surface area contributed by atoms with Gasteiger partial charge in [-0.2, -0.15) is 6.08 Å². The third-order valence-corrected chi connectivity index (χ3v) is 3.06. The minimum atomic E-state index is -3.31. The van der Waals surface area contributed by atoms with Gasteiger partial charge in [-0.3, -0.25) is 0 Å². The largest absolute Gasteiger partial charge is 0.350 e. The third kappa shape index (κ3) is 3.42. The Morgan fingerprint density at radius 2 is 1.74 bits per heavy atom. The van der Waals surface area contributed by atoms with Gasteiger partial charge in [0.2, 0.25) is 5.92 Å². The third-order valence-electron chi connectivity index (χ3n) is 3.06. The second-order valence-electron chi connectivity index (χ2n) is 4.56. The summed E-state index contributed by atoms with van der Waals surface area (Å²) in [6.45, 7) is 3.50. The summed E-state index contributed by atoms with van der Waals surface area (Å²) in [5.74, 6) is -6.60. The van der Waals surface area contributed by atoms with Crippen LogP contribution in [0.2, 0.25) is 0 Å². The Morgan fingerprint density at radius 3 is 2.32 bits per heavy atom. The molecule has 1 aliphatic carbocycles. The molecule has 1 heterocycles. The molecule has 0 unspecified atom stereocenters. The zero-order chi connectivity index (χ0) is 13.6. The van der Waals surface area contributed by atoms with Gasteiger partial charge < -0.3 is 4.98 Å². The van der Waals surface area contributed by atoms with Crippen molar-refractivity contribution >= 4 is 5.57 Å². The second-order valence-corrected chi connectivity index (χ2v) is 4.56. The van der Waals surface area contributed by atoms with Gasteiger partial charge in [0, 0.05) is 39.1 Å². The van der Waals surface area contributed by atoms with Gasteiger partial charge in [0.05, 0.1) is 0 Å². The molecule has 0 fully saturated rings. The summed E-state index contributed by atoms with van der Waals surface area (Å²) >= 11 is 0. The molecule has 1 radical (unpaired) electrons. The molecule has 0 aliphatic heterocycles. The molecule has 1 nitrogen and oxygen atoms in total. The van der Waals surface area contributed by atoms with Crippen molar-refractivity contribution in [3.05, 3.63) is 35.2 Å². The van der Waals surface area contributed by atoms with Gasteiger partial charge in [0.1, 0.15) is 0 Å². The molecule has 0 aromatic carbocycles. The summed E-state index contributed by atoms with van der Waals surface area (Å²) in [7, 11) is 0. The Balaban J connectivity index is 0.00000180. The molecule has 1 aliphatic rings. The van der Waals surface area contributed by atoms with E-state index in [1.807, 2.05) is 0 Å². The molecular formula is C13H12F4IrN-. The number of hydrogen-bond donors (Lipinski definition) is 0. The van der Waals surface area contributed by atoms with Crippen molar-refractivity contribution in [2.24, 2.45) is 0 Å². The van der Waals surface area contributed by atoms with Gasteiger partial charge in [-0.1, -0.05) is 11.3 Å². The molecule has 0 saturated carbocycles. The van der Waals surface area contributed by atoms with Gasteiger partial charge in [-0.15, -0.1) is 11.6 Å². The number of halogens is 4. The predicted molar refractivity (Wildman–Crippen MR) is 59.5 cm³/mol. The number of hydrogen-bond acceptors (Lipinski definition) is 1. The van der Waals surface area contributed by atoms with E-state index in [0.717, 1.165) is 11.1 Å². The van der Waals surface area contributed by atoms with Crippen LogP contribution in [-0.4, -0.2) is 16.8 Å². The summed E-state index contributed by atoms with van der Waals surface area (Å²) in [4.78, 5) is 3.81. The molecule has 107 valence electrons. The van der Waals surface area contributed by atoms with Crippen LogP contribution in [0.25, 0.3) is 5.57 Å². The summed E-state index contributed by atoms with van der Waals surface area (Å²) in [6.07, 6.45) is 1.26. The monoisotopic (exact) mass is 451 g/mol. The van der Waals surface area contributed by atoms with Gasteiger partial charge in [0.25, 0.3) is 0 Å². The molecular weight excluding hydrogens is 438 g/mol. The maximum Gasteiger partial charge on any atom is 0.243 e. The van der Waals surface area contributed by atoms with Gasteiger partial charge in [-0.25, -0.2) is 17.6 Å². The summed E-state index contributed by atoms with van der Waals surface area (Å²) < 4.78 is 53.7. The minimum absolute atomic E-state index is 0. The van der Waals surface area contributed by atoms with E-state index in [-0.39, 0.29) is 25.8 Å². The van der Waals surface area contributed by atoms with E-state index in [4.69, 9.17) is 0 Å². The molecule has 0 bridgehead atoms. The van der Waals surface area contributed by atoms with Gasteiger partial charge >= 0.3 is 0 Å². The van der Waals surface area contributed by atoms with E-state index in [0.29, 0.717) is 0 Å². The van der Waals surface area contributed by atoms with Crippen LogP contribution in [0.1, 0.15) is 29.7 Å². The van der Waals surface area contributed by atoms with Gasteiger partial charge in [-0.05, 0) is 19.4 Å². The first-order valence-electron chi connectivity index (χ1n) is 5.56. The second kappa shape index (κ2) is 5.33. The molecule has 0 saturated heterocycles. The number of nitrogens with zero attached hydrogens (tertiary/aromatic N) is 1. The standard InChI is InChI=1S/C13H12F4N.Ir/c1-8-5-11(18-7-9(8)2)10-6-12(14,15)3-4-13(10,16)17;/h5,7H,3-4H2,1-2H3;/q-1;. The Hall–Kier alpha value is -0.741. The van der Waals surface area contributed by atoms with Crippen LogP contribution in [0.5, 0.6) is 0 Å². The average molecular weight is 450 g/mol. The van der Waals surface area contributed by atoms with E-state index in [1.165, 1.54) is 12.3 Å². The normalized spacial score (nSPS) is 20.4. The molecule has 0 spiro atoms. The fourth-order valence-corrected chi connectivity index (χ4v) is 1.79. The maximum atomic E-state index is 13.7. The smallest absolute Gasteiger partial charge is 0.243 e. The molecule has 6 heteroatoms. The molecule has 0 amide bonds. The molecule has 0 N–H and O–H groups in total. The number of pyridine rings is 1. The van der Waals surface area contributed by atoms with Crippen molar-refractivity contribution in [2.75, 3.05) is 0 Å². The number of alkyl halides is 4. The number of aryl methyl sites for hydroxylation is 2. The van der Waals surface area contributed by atoms with Crippen molar-refractivity contribution in [1.82, 2.24) is 4.98 Å². The van der Waals surface area contributed by atoms with E-state index in [1.54, 1.807) is 19.9 Å². The van der Waals surface area contributed by atoms with E-state index in [9.17, 15) is 17.6 Å².